The summed E-state index contributed by atoms with van der Waals surface area (Å²) in [6.45, 7) is 2.17. The van der Waals surface area contributed by atoms with Crippen LogP contribution in [0.4, 0.5) is 4.79 Å². The van der Waals surface area contributed by atoms with Gasteiger partial charge in [0.25, 0.3) is 0 Å². The van der Waals surface area contributed by atoms with Gasteiger partial charge in [0.15, 0.2) is 0 Å². The van der Waals surface area contributed by atoms with E-state index in [9.17, 15) is 4.79 Å². The number of carbonyl (C=O) groups is 1. The number of rotatable bonds is 4. The minimum absolute atomic E-state index is 0.0997. The third kappa shape index (κ3) is 3.27. The van der Waals surface area contributed by atoms with Crippen molar-refractivity contribution in [2.75, 3.05) is 13.7 Å². The van der Waals surface area contributed by atoms with E-state index in [-0.39, 0.29) is 12.1 Å². The van der Waals surface area contributed by atoms with Crippen LogP contribution in [0.5, 0.6) is 5.75 Å². The standard InChI is InChI=1S/C20H21NO3/c1-3-24-20(22)21-12-11-16-8-4-5-10-18(16)19(21)14-15-7-6-9-17(13-15)23-2/h4-13,19H,3,14H2,1-2H3. The van der Waals surface area contributed by atoms with E-state index in [1.807, 2.05) is 55.6 Å². The number of benzene rings is 2. The van der Waals surface area contributed by atoms with Gasteiger partial charge in [-0.05, 0) is 48.2 Å². The SMILES string of the molecule is CCOC(=O)N1C=Cc2ccccc2C1Cc1cccc(OC)c1. The van der Waals surface area contributed by atoms with Crippen LogP contribution in [0.25, 0.3) is 6.08 Å². The molecule has 1 atom stereocenters. The predicted molar refractivity (Wildman–Crippen MR) is 93.8 cm³/mol. The number of methoxy groups -OCH3 is 1. The normalized spacial score (nSPS) is 15.8. The fourth-order valence-electron chi connectivity index (χ4n) is 3.00. The molecule has 1 heterocycles. The van der Waals surface area contributed by atoms with Crippen molar-refractivity contribution in [2.24, 2.45) is 0 Å². The fraction of sp³-hybridized carbons (Fsp3) is 0.250. The lowest BCUT2D eigenvalue weighted by Gasteiger charge is -2.32. The number of hydrogen-bond acceptors (Lipinski definition) is 3. The lowest BCUT2D eigenvalue weighted by Crippen LogP contribution is -2.34. The zero-order chi connectivity index (χ0) is 16.9. The molecule has 0 N–H and O–H groups in total. The molecular formula is C20H21NO3. The average molecular weight is 323 g/mol. The Morgan fingerprint density at radius 2 is 2.00 bits per heavy atom. The number of ether oxygens (including phenoxy) is 2. The van der Waals surface area contributed by atoms with Crippen LogP contribution in [0.1, 0.15) is 29.7 Å². The lowest BCUT2D eigenvalue weighted by atomic mass is 9.91. The highest BCUT2D eigenvalue weighted by atomic mass is 16.6. The third-order valence-electron chi connectivity index (χ3n) is 4.15. The largest absolute Gasteiger partial charge is 0.497 e. The number of nitrogens with zero attached hydrogens (tertiary/aromatic N) is 1. The number of carbonyl (C=O) groups excluding carboxylic acids is 1. The van der Waals surface area contributed by atoms with E-state index in [0.717, 1.165) is 22.4 Å². The van der Waals surface area contributed by atoms with Crippen molar-refractivity contribution in [3.63, 3.8) is 0 Å². The lowest BCUT2D eigenvalue weighted by molar-refractivity contribution is 0.109. The van der Waals surface area contributed by atoms with Gasteiger partial charge in [-0.1, -0.05) is 36.4 Å². The van der Waals surface area contributed by atoms with E-state index in [1.54, 1.807) is 12.0 Å². The zero-order valence-electron chi connectivity index (χ0n) is 13.9. The highest BCUT2D eigenvalue weighted by molar-refractivity contribution is 5.73. The van der Waals surface area contributed by atoms with Gasteiger partial charge in [-0.25, -0.2) is 4.79 Å². The Morgan fingerprint density at radius 1 is 1.17 bits per heavy atom. The fourth-order valence-corrected chi connectivity index (χ4v) is 3.00. The summed E-state index contributed by atoms with van der Waals surface area (Å²) in [5.74, 6) is 0.815. The van der Waals surface area contributed by atoms with Gasteiger partial charge in [-0.2, -0.15) is 0 Å². The van der Waals surface area contributed by atoms with Gasteiger partial charge < -0.3 is 9.47 Å². The molecule has 1 amide bonds. The average Bonchev–Trinajstić information content (AvgIpc) is 2.62. The highest BCUT2D eigenvalue weighted by Gasteiger charge is 2.29. The van der Waals surface area contributed by atoms with Crippen molar-refractivity contribution < 1.29 is 14.3 Å². The first kappa shape index (κ1) is 16.1. The van der Waals surface area contributed by atoms with Crippen LogP contribution in [0.3, 0.4) is 0 Å². The highest BCUT2D eigenvalue weighted by Crippen LogP contribution is 2.34. The maximum absolute atomic E-state index is 12.4. The minimum Gasteiger partial charge on any atom is -0.497 e. The molecule has 2 aromatic rings. The van der Waals surface area contributed by atoms with Gasteiger partial charge in [0.2, 0.25) is 0 Å². The van der Waals surface area contributed by atoms with Crippen molar-refractivity contribution in [1.82, 2.24) is 4.90 Å². The van der Waals surface area contributed by atoms with Crippen molar-refractivity contribution in [3.05, 3.63) is 71.4 Å². The molecule has 0 spiro atoms. The van der Waals surface area contributed by atoms with Gasteiger partial charge in [0, 0.05) is 6.20 Å². The maximum atomic E-state index is 12.4. The quantitative estimate of drug-likeness (QED) is 0.836. The molecule has 24 heavy (non-hydrogen) atoms. The summed E-state index contributed by atoms with van der Waals surface area (Å²) in [6.07, 6.45) is 4.13. The summed E-state index contributed by atoms with van der Waals surface area (Å²) in [6, 6.07) is 16.0. The van der Waals surface area contributed by atoms with Gasteiger partial charge in [0.1, 0.15) is 5.75 Å². The molecule has 1 aliphatic rings. The topological polar surface area (TPSA) is 38.8 Å². The molecule has 0 fully saturated rings. The van der Waals surface area contributed by atoms with E-state index in [4.69, 9.17) is 9.47 Å². The summed E-state index contributed by atoms with van der Waals surface area (Å²) in [5, 5.41) is 0. The first-order chi connectivity index (χ1) is 11.7. The summed E-state index contributed by atoms with van der Waals surface area (Å²) in [4.78, 5) is 14.0. The van der Waals surface area contributed by atoms with E-state index in [1.165, 1.54) is 0 Å². The second-order valence-corrected chi connectivity index (χ2v) is 5.62. The molecule has 4 nitrogen and oxygen atoms in total. The molecule has 0 saturated carbocycles. The van der Waals surface area contributed by atoms with Crippen LogP contribution < -0.4 is 4.74 Å². The molecule has 0 saturated heterocycles. The first-order valence-electron chi connectivity index (χ1n) is 8.08. The van der Waals surface area contributed by atoms with Gasteiger partial charge >= 0.3 is 6.09 Å². The van der Waals surface area contributed by atoms with Crippen molar-refractivity contribution >= 4 is 12.2 Å². The molecule has 0 aliphatic carbocycles. The summed E-state index contributed by atoms with van der Waals surface area (Å²) in [5.41, 5.74) is 3.36. The molecule has 3 rings (SSSR count). The zero-order valence-corrected chi connectivity index (χ0v) is 13.9. The van der Waals surface area contributed by atoms with Crippen LogP contribution in [0, 0.1) is 0 Å². The smallest absolute Gasteiger partial charge is 0.414 e. The Balaban J connectivity index is 1.95. The van der Waals surface area contributed by atoms with E-state index >= 15 is 0 Å². The third-order valence-corrected chi connectivity index (χ3v) is 4.15. The van der Waals surface area contributed by atoms with Crippen LogP contribution in [-0.4, -0.2) is 24.7 Å². The Kier molecular flexibility index (Phi) is 4.85. The van der Waals surface area contributed by atoms with Crippen molar-refractivity contribution in [1.29, 1.82) is 0 Å². The second kappa shape index (κ2) is 7.21. The van der Waals surface area contributed by atoms with Crippen LogP contribution in [0.2, 0.25) is 0 Å². The Hall–Kier alpha value is -2.75. The number of hydrogen-bond donors (Lipinski definition) is 0. The summed E-state index contributed by atoms with van der Waals surface area (Å²) in [7, 11) is 1.66. The molecule has 4 heteroatoms. The van der Waals surface area contributed by atoms with Gasteiger partial charge in [-0.3, -0.25) is 4.90 Å². The minimum atomic E-state index is -0.323. The van der Waals surface area contributed by atoms with Crippen LogP contribution in [0.15, 0.2) is 54.7 Å². The van der Waals surface area contributed by atoms with E-state index in [2.05, 4.69) is 12.1 Å². The molecule has 2 aromatic carbocycles. The number of fused-ring (bicyclic) bond motifs is 1. The summed E-state index contributed by atoms with van der Waals surface area (Å²) >= 11 is 0. The molecule has 1 aliphatic heterocycles. The first-order valence-corrected chi connectivity index (χ1v) is 8.08. The Bertz CT molecular complexity index is 754. The second-order valence-electron chi connectivity index (χ2n) is 5.62. The van der Waals surface area contributed by atoms with Gasteiger partial charge in [0.05, 0.1) is 19.8 Å². The van der Waals surface area contributed by atoms with E-state index < -0.39 is 0 Å². The van der Waals surface area contributed by atoms with E-state index in [0.29, 0.717) is 13.0 Å². The maximum Gasteiger partial charge on any atom is 0.414 e. The predicted octanol–water partition coefficient (Wildman–Crippen LogP) is 4.42. The van der Waals surface area contributed by atoms with Crippen molar-refractivity contribution in [3.8, 4) is 5.75 Å². The molecule has 1 unspecified atom stereocenters. The molecule has 0 bridgehead atoms. The number of amides is 1. The van der Waals surface area contributed by atoms with Crippen LogP contribution in [-0.2, 0) is 11.2 Å². The van der Waals surface area contributed by atoms with Gasteiger partial charge in [-0.15, -0.1) is 0 Å². The Morgan fingerprint density at radius 3 is 2.79 bits per heavy atom. The van der Waals surface area contributed by atoms with Crippen molar-refractivity contribution in [2.45, 2.75) is 19.4 Å². The molecular weight excluding hydrogens is 302 g/mol. The Labute approximate surface area is 142 Å². The summed E-state index contributed by atoms with van der Waals surface area (Å²) < 4.78 is 10.5. The molecule has 124 valence electrons. The monoisotopic (exact) mass is 323 g/mol. The molecule has 0 radical (unpaired) electrons. The molecule has 0 aromatic heterocycles. The van der Waals surface area contributed by atoms with Crippen LogP contribution >= 0.6 is 0 Å².